The van der Waals surface area contributed by atoms with Gasteiger partial charge >= 0.3 is 18.0 Å². The normalized spacial score (nSPS) is 15.7. The maximum Gasteiger partial charge on any atom is 0.408 e. The topological polar surface area (TPSA) is 137 Å². The molecule has 2 atom stereocenters. The summed E-state index contributed by atoms with van der Waals surface area (Å²) >= 11 is 5.93. The fourth-order valence-corrected chi connectivity index (χ4v) is 3.92. The van der Waals surface area contributed by atoms with E-state index in [0.29, 0.717) is 17.0 Å². The lowest BCUT2D eigenvalue weighted by Gasteiger charge is -2.26. The van der Waals surface area contributed by atoms with Crippen molar-refractivity contribution < 1.29 is 28.7 Å². The van der Waals surface area contributed by atoms with E-state index < -0.39 is 30.1 Å². The minimum atomic E-state index is -1.13. The van der Waals surface area contributed by atoms with Gasteiger partial charge in [0.05, 0.1) is 0 Å². The molecule has 4 N–H and O–H groups in total. The van der Waals surface area contributed by atoms with Crippen LogP contribution in [0, 0.1) is 5.92 Å². The second-order valence-corrected chi connectivity index (χ2v) is 8.64. The van der Waals surface area contributed by atoms with E-state index in [4.69, 9.17) is 26.8 Å². The van der Waals surface area contributed by atoms with Crippen molar-refractivity contribution in [3.63, 3.8) is 0 Å². The molecule has 0 radical (unpaired) electrons. The molecule has 2 rings (SSSR count). The number of benzene rings is 1. The van der Waals surface area contributed by atoms with Crippen molar-refractivity contribution in [1.82, 2.24) is 10.6 Å². The highest BCUT2D eigenvalue weighted by Crippen LogP contribution is 2.27. The highest BCUT2D eigenvalue weighted by molar-refractivity contribution is 6.30. The van der Waals surface area contributed by atoms with E-state index in [1.54, 1.807) is 24.3 Å². The van der Waals surface area contributed by atoms with Gasteiger partial charge in [-0.2, -0.15) is 0 Å². The Bertz CT molecular complexity index is 828. The van der Waals surface area contributed by atoms with Crippen molar-refractivity contribution >= 4 is 35.5 Å². The maximum absolute atomic E-state index is 12.7. The third kappa shape index (κ3) is 9.79. The van der Waals surface area contributed by atoms with Crippen molar-refractivity contribution in [3.05, 3.63) is 34.9 Å². The van der Waals surface area contributed by atoms with Crippen molar-refractivity contribution in [3.8, 4) is 0 Å². The molecule has 0 aromatic heterocycles. The molecule has 1 fully saturated rings. The number of esters is 2. The molecule has 0 saturated heterocycles. The zero-order valence-electron chi connectivity index (χ0n) is 18.8. The van der Waals surface area contributed by atoms with Crippen molar-refractivity contribution in [1.29, 1.82) is 0 Å². The molecule has 0 unspecified atom stereocenters. The SMILES string of the molecule is CNC(=O)CC[C@H](N)C(=O)OC(=O)[C@H](CC1CCCCC1)NC(=O)OCc1cccc(Cl)c1. The number of hydrogen-bond acceptors (Lipinski definition) is 7. The van der Waals surface area contributed by atoms with Crippen LogP contribution in [0.1, 0.15) is 56.9 Å². The van der Waals surface area contributed by atoms with Gasteiger partial charge in [-0.3, -0.25) is 4.79 Å². The summed E-state index contributed by atoms with van der Waals surface area (Å²) < 4.78 is 10.2. The molecule has 0 aliphatic heterocycles. The smallest absolute Gasteiger partial charge is 0.408 e. The molecule has 9 nitrogen and oxygen atoms in total. The molecule has 1 aliphatic carbocycles. The van der Waals surface area contributed by atoms with Crippen LogP contribution >= 0.6 is 11.6 Å². The van der Waals surface area contributed by atoms with Crippen LogP contribution in [0.4, 0.5) is 4.79 Å². The maximum atomic E-state index is 12.7. The Kier molecular flexibility index (Phi) is 11.1. The number of nitrogens with one attached hydrogen (secondary N) is 2. The van der Waals surface area contributed by atoms with Gasteiger partial charge in [-0.15, -0.1) is 0 Å². The van der Waals surface area contributed by atoms with Gasteiger partial charge in [0, 0.05) is 18.5 Å². The molecule has 0 bridgehead atoms. The van der Waals surface area contributed by atoms with Gasteiger partial charge in [0.2, 0.25) is 5.91 Å². The average Bonchev–Trinajstić information content (AvgIpc) is 2.81. The van der Waals surface area contributed by atoms with Crippen LogP contribution in [0.3, 0.4) is 0 Å². The highest BCUT2D eigenvalue weighted by atomic mass is 35.5. The highest BCUT2D eigenvalue weighted by Gasteiger charge is 2.30. The monoisotopic (exact) mass is 481 g/mol. The summed E-state index contributed by atoms with van der Waals surface area (Å²) in [5.74, 6) is -1.88. The Morgan fingerprint density at radius 3 is 2.55 bits per heavy atom. The molecular formula is C23H32ClN3O6. The van der Waals surface area contributed by atoms with E-state index in [9.17, 15) is 19.2 Å². The van der Waals surface area contributed by atoms with Crippen LogP contribution in [-0.4, -0.2) is 43.1 Å². The Morgan fingerprint density at radius 1 is 1.15 bits per heavy atom. The lowest BCUT2D eigenvalue weighted by atomic mass is 9.85. The summed E-state index contributed by atoms with van der Waals surface area (Å²) in [6.07, 6.45) is 4.71. The van der Waals surface area contributed by atoms with Crippen LogP contribution < -0.4 is 16.4 Å². The number of carbonyl (C=O) groups is 4. The molecule has 182 valence electrons. The second kappa shape index (κ2) is 13.8. The predicted octanol–water partition coefficient (Wildman–Crippen LogP) is 2.83. The van der Waals surface area contributed by atoms with E-state index in [2.05, 4.69) is 10.6 Å². The van der Waals surface area contributed by atoms with Crippen LogP contribution in [-0.2, 0) is 30.5 Å². The van der Waals surface area contributed by atoms with Gasteiger partial charge in [0.1, 0.15) is 18.7 Å². The van der Waals surface area contributed by atoms with Gasteiger partial charge < -0.3 is 25.8 Å². The summed E-state index contributed by atoms with van der Waals surface area (Å²) in [5.41, 5.74) is 6.44. The number of nitrogens with two attached hydrogens (primary N) is 1. The molecule has 0 spiro atoms. The van der Waals surface area contributed by atoms with E-state index in [1.165, 1.54) is 7.05 Å². The summed E-state index contributed by atoms with van der Waals surface area (Å²) in [4.78, 5) is 48.6. The van der Waals surface area contributed by atoms with E-state index in [0.717, 1.165) is 32.1 Å². The zero-order valence-corrected chi connectivity index (χ0v) is 19.6. The number of halogens is 1. The lowest BCUT2D eigenvalue weighted by molar-refractivity contribution is -0.162. The summed E-state index contributed by atoms with van der Waals surface area (Å²) in [7, 11) is 1.47. The summed E-state index contributed by atoms with van der Waals surface area (Å²) in [6.45, 7) is -0.0269. The molecule has 0 heterocycles. The predicted molar refractivity (Wildman–Crippen MR) is 122 cm³/mol. The van der Waals surface area contributed by atoms with Crippen LogP contribution in [0.5, 0.6) is 0 Å². The van der Waals surface area contributed by atoms with Crippen LogP contribution in [0.15, 0.2) is 24.3 Å². The Balaban J connectivity index is 1.94. The summed E-state index contributed by atoms with van der Waals surface area (Å²) in [5, 5.41) is 5.47. The molecule has 1 aromatic carbocycles. The average molecular weight is 482 g/mol. The van der Waals surface area contributed by atoms with Crippen molar-refractivity contribution in [2.24, 2.45) is 11.7 Å². The zero-order chi connectivity index (χ0) is 24.2. The minimum Gasteiger partial charge on any atom is -0.445 e. The van der Waals surface area contributed by atoms with Gasteiger partial charge in [-0.05, 0) is 36.5 Å². The Hall–Kier alpha value is -2.65. The molecule has 1 aromatic rings. The quantitative estimate of drug-likeness (QED) is 0.345. The molecular weight excluding hydrogens is 450 g/mol. The minimum absolute atomic E-state index is 0.0269. The molecule has 1 saturated carbocycles. The number of carbonyl (C=O) groups excluding carboxylic acids is 4. The fourth-order valence-electron chi connectivity index (χ4n) is 3.71. The van der Waals surface area contributed by atoms with Gasteiger partial charge in [0.15, 0.2) is 0 Å². The van der Waals surface area contributed by atoms with E-state index in [1.807, 2.05) is 0 Å². The van der Waals surface area contributed by atoms with Crippen LogP contribution in [0.25, 0.3) is 0 Å². The first-order valence-corrected chi connectivity index (χ1v) is 11.6. The third-order valence-corrected chi connectivity index (χ3v) is 5.83. The van der Waals surface area contributed by atoms with Crippen molar-refractivity contribution in [2.45, 2.75) is 70.1 Å². The molecule has 33 heavy (non-hydrogen) atoms. The van der Waals surface area contributed by atoms with E-state index in [-0.39, 0.29) is 31.3 Å². The van der Waals surface area contributed by atoms with Crippen LogP contribution in [0.2, 0.25) is 5.02 Å². The lowest BCUT2D eigenvalue weighted by Crippen LogP contribution is -2.46. The van der Waals surface area contributed by atoms with Gasteiger partial charge in [0.25, 0.3) is 0 Å². The first-order valence-electron chi connectivity index (χ1n) is 11.2. The largest absolute Gasteiger partial charge is 0.445 e. The first-order chi connectivity index (χ1) is 15.8. The van der Waals surface area contributed by atoms with Gasteiger partial charge in [-0.1, -0.05) is 55.8 Å². The number of rotatable bonds is 10. The first kappa shape index (κ1) is 26.6. The third-order valence-electron chi connectivity index (χ3n) is 5.59. The van der Waals surface area contributed by atoms with E-state index >= 15 is 0 Å². The summed E-state index contributed by atoms with van der Waals surface area (Å²) in [6, 6.07) is 4.69. The number of ether oxygens (including phenoxy) is 2. The number of alkyl carbamates (subject to hydrolysis) is 1. The molecule has 1 aliphatic rings. The second-order valence-electron chi connectivity index (χ2n) is 8.20. The fraction of sp³-hybridized carbons (Fsp3) is 0.565. The Morgan fingerprint density at radius 2 is 1.88 bits per heavy atom. The number of amides is 2. The molecule has 10 heteroatoms. The van der Waals surface area contributed by atoms with Gasteiger partial charge in [-0.25, -0.2) is 14.4 Å². The number of hydrogen-bond donors (Lipinski definition) is 3. The molecule has 2 amide bonds. The Labute approximate surface area is 198 Å². The standard InChI is InChI=1S/C23H32ClN3O6/c1-26-20(28)11-10-18(25)21(29)33-22(30)19(13-15-6-3-2-4-7-15)27-23(31)32-14-16-8-5-9-17(24)12-16/h5,8-9,12,15,18-19H,2-4,6-7,10-11,13-14,25H2,1H3,(H,26,28)(H,27,31)/t18-,19-/m0/s1. The van der Waals surface area contributed by atoms with Crippen molar-refractivity contribution in [2.75, 3.05) is 7.05 Å².